The van der Waals surface area contributed by atoms with Gasteiger partial charge in [-0.2, -0.15) is 0 Å². The van der Waals surface area contributed by atoms with Gasteiger partial charge in [0.1, 0.15) is 23.1 Å². The maximum atomic E-state index is 11.4. The third-order valence-electron chi connectivity index (χ3n) is 2.47. The predicted octanol–water partition coefficient (Wildman–Crippen LogP) is 3.80. The second-order valence-electron chi connectivity index (χ2n) is 4.05. The smallest absolute Gasteiger partial charge is 0.309 e. The van der Waals surface area contributed by atoms with Gasteiger partial charge in [-0.25, -0.2) is 0 Å². The van der Waals surface area contributed by atoms with E-state index in [0.717, 1.165) is 18.4 Å². The van der Waals surface area contributed by atoms with Crippen molar-refractivity contribution in [3.8, 4) is 5.75 Å². The summed E-state index contributed by atoms with van der Waals surface area (Å²) in [6.45, 7) is 0.255. The number of carbonyl (C=O) groups excluding carboxylic acids is 1. The first-order valence-electron chi connectivity index (χ1n) is 5.58. The van der Waals surface area contributed by atoms with Crippen LogP contribution in [0.4, 0.5) is 0 Å². The highest BCUT2D eigenvalue weighted by Crippen LogP contribution is 2.30. The zero-order valence-electron chi connectivity index (χ0n) is 9.57. The quantitative estimate of drug-likeness (QED) is 0.610. The number of ether oxygens (including phenoxy) is 2. The topological polar surface area (TPSA) is 35.5 Å². The van der Waals surface area contributed by atoms with Crippen LogP contribution in [0.2, 0.25) is 0 Å². The van der Waals surface area contributed by atoms with E-state index in [1.165, 1.54) is 6.26 Å². The summed E-state index contributed by atoms with van der Waals surface area (Å²) in [6.07, 6.45) is 3.13. The van der Waals surface area contributed by atoms with Gasteiger partial charge in [-0.05, 0) is 30.5 Å². The number of halogens is 2. The third kappa shape index (κ3) is 4.24. The number of carbonyl (C=O) groups is 1. The van der Waals surface area contributed by atoms with Gasteiger partial charge in [0.15, 0.2) is 0 Å². The highest BCUT2D eigenvalue weighted by Gasteiger charge is 2.31. The summed E-state index contributed by atoms with van der Waals surface area (Å²) in [5.41, 5.74) is 0.862. The maximum absolute atomic E-state index is 11.4. The second-order valence-corrected chi connectivity index (χ2v) is 5.06. The Morgan fingerprint density at radius 2 is 2.17 bits per heavy atom. The molecule has 1 saturated carbocycles. The predicted molar refractivity (Wildman–Crippen MR) is 69.4 cm³/mol. The van der Waals surface area contributed by atoms with Crippen molar-refractivity contribution < 1.29 is 14.3 Å². The van der Waals surface area contributed by atoms with Crippen LogP contribution < -0.4 is 4.74 Å². The summed E-state index contributed by atoms with van der Waals surface area (Å²) in [5, 5.41) is 0. The Balaban J connectivity index is 1.89. The molecule has 0 bridgehead atoms. The average Bonchev–Trinajstić information content (AvgIpc) is 3.18. The van der Waals surface area contributed by atoms with Gasteiger partial charge in [-0.1, -0.05) is 35.3 Å². The molecule has 0 heterocycles. The van der Waals surface area contributed by atoms with Crippen molar-refractivity contribution in [3.63, 3.8) is 0 Å². The zero-order valence-corrected chi connectivity index (χ0v) is 11.1. The standard InChI is InChI=1S/C13H12Cl2O3/c14-12(15)8-17-11-3-1-2-9(6-11)7-18-13(16)10-4-5-10/h1-3,6,8,10H,4-5,7H2. The van der Waals surface area contributed by atoms with Crippen LogP contribution in [-0.2, 0) is 16.1 Å². The van der Waals surface area contributed by atoms with Gasteiger partial charge in [0.2, 0.25) is 0 Å². The average molecular weight is 287 g/mol. The van der Waals surface area contributed by atoms with E-state index in [-0.39, 0.29) is 23.0 Å². The molecular weight excluding hydrogens is 275 g/mol. The van der Waals surface area contributed by atoms with Gasteiger partial charge < -0.3 is 9.47 Å². The number of benzene rings is 1. The Morgan fingerprint density at radius 3 is 2.83 bits per heavy atom. The lowest BCUT2D eigenvalue weighted by molar-refractivity contribution is -0.146. The van der Waals surface area contributed by atoms with Crippen LogP contribution >= 0.6 is 23.2 Å². The lowest BCUT2D eigenvalue weighted by Crippen LogP contribution is -2.06. The summed E-state index contributed by atoms with van der Waals surface area (Å²) < 4.78 is 10.4. The van der Waals surface area contributed by atoms with E-state index in [1.54, 1.807) is 12.1 Å². The Morgan fingerprint density at radius 1 is 1.39 bits per heavy atom. The van der Waals surface area contributed by atoms with E-state index < -0.39 is 0 Å². The lowest BCUT2D eigenvalue weighted by Gasteiger charge is -2.06. The molecule has 0 aliphatic heterocycles. The molecule has 0 N–H and O–H groups in total. The number of esters is 1. The molecule has 0 atom stereocenters. The van der Waals surface area contributed by atoms with E-state index in [2.05, 4.69) is 0 Å². The Kier molecular flexibility index (Phi) is 4.50. The molecule has 2 rings (SSSR count). The zero-order chi connectivity index (χ0) is 13.0. The molecule has 0 spiro atoms. The van der Waals surface area contributed by atoms with E-state index in [0.29, 0.717) is 5.75 Å². The lowest BCUT2D eigenvalue weighted by atomic mass is 10.2. The largest absolute Gasteiger partial charge is 0.462 e. The molecule has 1 aromatic carbocycles. The maximum Gasteiger partial charge on any atom is 0.309 e. The minimum atomic E-state index is -0.120. The molecule has 0 saturated heterocycles. The molecule has 0 amide bonds. The Bertz CT molecular complexity index is 463. The molecule has 18 heavy (non-hydrogen) atoms. The fourth-order valence-corrected chi connectivity index (χ4v) is 1.50. The van der Waals surface area contributed by atoms with Gasteiger partial charge >= 0.3 is 5.97 Å². The SMILES string of the molecule is O=C(OCc1cccc(OC=C(Cl)Cl)c1)C1CC1. The minimum Gasteiger partial charge on any atom is -0.462 e. The van der Waals surface area contributed by atoms with E-state index >= 15 is 0 Å². The monoisotopic (exact) mass is 286 g/mol. The van der Waals surface area contributed by atoms with Crippen LogP contribution in [0.3, 0.4) is 0 Å². The molecule has 0 unspecified atom stereocenters. The first kappa shape index (κ1) is 13.2. The molecule has 1 fully saturated rings. The highest BCUT2D eigenvalue weighted by atomic mass is 35.5. The summed E-state index contributed by atoms with van der Waals surface area (Å²) in [6, 6.07) is 7.21. The number of rotatable bonds is 5. The summed E-state index contributed by atoms with van der Waals surface area (Å²) in [5.74, 6) is 0.584. The van der Waals surface area contributed by atoms with Gasteiger partial charge in [0.05, 0.1) is 5.92 Å². The summed E-state index contributed by atoms with van der Waals surface area (Å²) in [4.78, 5) is 11.4. The summed E-state index contributed by atoms with van der Waals surface area (Å²) in [7, 11) is 0. The van der Waals surface area contributed by atoms with Crippen LogP contribution in [0.1, 0.15) is 18.4 Å². The van der Waals surface area contributed by atoms with Crippen LogP contribution in [0.25, 0.3) is 0 Å². The summed E-state index contributed by atoms with van der Waals surface area (Å²) >= 11 is 10.9. The molecule has 5 heteroatoms. The first-order chi connectivity index (χ1) is 8.65. The Labute approximate surface area is 115 Å². The number of hydrogen-bond acceptors (Lipinski definition) is 3. The second kappa shape index (κ2) is 6.12. The van der Waals surface area contributed by atoms with Crippen molar-refractivity contribution in [1.29, 1.82) is 0 Å². The van der Waals surface area contributed by atoms with Gasteiger partial charge in [-0.3, -0.25) is 4.79 Å². The molecule has 96 valence electrons. The van der Waals surface area contributed by atoms with Crippen LogP contribution in [0.15, 0.2) is 35.0 Å². The molecule has 1 aliphatic rings. The van der Waals surface area contributed by atoms with Crippen LogP contribution in [0.5, 0.6) is 5.75 Å². The highest BCUT2D eigenvalue weighted by molar-refractivity contribution is 6.55. The van der Waals surface area contributed by atoms with Crippen molar-refractivity contribution >= 4 is 29.2 Å². The Hall–Kier alpha value is -1.19. The van der Waals surface area contributed by atoms with Crippen molar-refractivity contribution in [2.75, 3.05) is 0 Å². The van der Waals surface area contributed by atoms with E-state index in [4.69, 9.17) is 32.7 Å². The molecule has 0 aromatic heterocycles. The normalized spacial score (nSPS) is 13.9. The molecule has 1 aromatic rings. The molecule has 1 aliphatic carbocycles. The van der Waals surface area contributed by atoms with Crippen molar-refractivity contribution in [3.05, 3.63) is 40.6 Å². The molecule has 3 nitrogen and oxygen atoms in total. The van der Waals surface area contributed by atoms with E-state index in [1.807, 2.05) is 12.1 Å². The van der Waals surface area contributed by atoms with Gasteiger partial charge in [-0.15, -0.1) is 0 Å². The van der Waals surface area contributed by atoms with Crippen LogP contribution in [0, 0.1) is 5.92 Å². The van der Waals surface area contributed by atoms with E-state index in [9.17, 15) is 4.79 Å². The fraction of sp³-hybridized carbons (Fsp3) is 0.308. The van der Waals surface area contributed by atoms with Crippen molar-refractivity contribution in [2.45, 2.75) is 19.4 Å². The number of hydrogen-bond donors (Lipinski definition) is 0. The van der Waals surface area contributed by atoms with Crippen molar-refractivity contribution in [1.82, 2.24) is 0 Å². The van der Waals surface area contributed by atoms with Gasteiger partial charge in [0.25, 0.3) is 0 Å². The first-order valence-corrected chi connectivity index (χ1v) is 6.34. The van der Waals surface area contributed by atoms with Crippen molar-refractivity contribution in [2.24, 2.45) is 5.92 Å². The fourth-order valence-electron chi connectivity index (χ4n) is 1.41. The van der Waals surface area contributed by atoms with Gasteiger partial charge in [0, 0.05) is 0 Å². The molecular formula is C13H12Cl2O3. The van der Waals surface area contributed by atoms with Crippen LogP contribution in [-0.4, -0.2) is 5.97 Å². The third-order valence-corrected chi connectivity index (χ3v) is 2.65. The minimum absolute atomic E-state index is 0.0422. The molecule has 0 radical (unpaired) electrons.